The third-order valence-corrected chi connectivity index (χ3v) is 6.95. The number of nitrogens with one attached hydrogen (secondary N) is 1. The largest absolute Gasteiger partial charge is 0.335 e. The molecule has 2 aromatic heterocycles. The number of aromatic nitrogens is 4. The van der Waals surface area contributed by atoms with Crippen LogP contribution in [0.4, 0.5) is 5.69 Å². The van der Waals surface area contributed by atoms with E-state index in [9.17, 15) is 9.59 Å². The first-order chi connectivity index (χ1) is 15.9. The van der Waals surface area contributed by atoms with Crippen LogP contribution in [-0.4, -0.2) is 48.4 Å². The standard InChI is InChI=1S/C25H30N6O2/c1-18-15-30(17-27-18)21-7-5-20(6-8-21)28-24(33)22-14-25(9-10-25)16-31(22)23(32)4-3-12-29-13-11-26-19(29)2/h5-8,11,13,15,17,22H,3-4,9-10,12,14,16H2,1-2H3,(H,28,33)/t22-/m0/s1. The Hall–Kier alpha value is -3.42. The highest BCUT2D eigenvalue weighted by atomic mass is 16.2. The molecule has 1 aliphatic carbocycles. The second-order valence-corrected chi connectivity index (χ2v) is 9.47. The Morgan fingerprint density at radius 3 is 2.58 bits per heavy atom. The summed E-state index contributed by atoms with van der Waals surface area (Å²) in [7, 11) is 0. The van der Waals surface area contributed by atoms with E-state index in [1.807, 2.05) is 60.0 Å². The van der Waals surface area contributed by atoms with Gasteiger partial charge in [-0.15, -0.1) is 0 Å². The number of benzene rings is 1. The first kappa shape index (κ1) is 21.4. The number of aryl methyl sites for hydroxylation is 3. The first-order valence-corrected chi connectivity index (χ1v) is 11.6. The molecule has 0 unspecified atom stereocenters. The van der Waals surface area contributed by atoms with Crippen molar-refractivity contribution in [2.24, 2.45) is 5.41 Å². The maximum absolute atomic E-state index is 13.2. The van der Waals surface area contributed by atoms with Crippen LogP contribution in [0.5, 0.6) is 0 Å². The Morgan fingerprint density at radius 2 is 1.94 bits per heavy atom. The maximum atomic E-state index is 13.2. The van der Waals surface area contributed by atoms with E-state index in [1.54, 1.807) is 12.5 Å². The van der Waals surface area contributed by atoms with Crippen molar-refractivity contribution in [1.29, 1.82) is 0 Å². The van der Waals surface area contributed by atoms with Gasteiger partial charge in [-0.1, -0.05) is 0 Å². The molecule has 33 heavy (non-hydrogen) atoms. The lowest BCUT2D eigenvalue weighted by Crippen LogP contribution is -2.43. The number of rotatable bonds is 7. The first-order valence-electron chi connectivity index (χ1n) is 11.6. The normalized spacial score (nSPS) is 18.6. The summed E-state index contributed by atoms with van der Waals surface area (Å²) < 4.78 is 4.00. The van der Waals surface area contributed by atoms with E-state index in [1.165, 1.54) is 0 Å². The number of amides is 2. The summed E-state index contributed by atoms with van der Waals surface area (Å²) in [5.41, 5.74) is 2.83. The van der Waals surface area contributed by atoms with Gasteiger partial charge >= 0.3 is 0 Å². The van der Waals surface area contributed by atoms with Crippen LogP contribution in [-0.2, 0) is 16.1 Å². The zero-order chi connectivity index (χ0) is 23.0. The van der Waals surface area contributed by atoms with Crippen molar-refractivity contribution in [2.45, 2.75) is 58.5 Å². The Morgan fingerprint density at radius 1 is 1.15 bits per heavy atom. The molecule has 8 nitrogen and oxygen atoms in total. The molecule has 1 atom stereocenters. The number of anilines is 1. The van der Waals surface area contributed by atoms with Crippen LogP contribution in [0, 0.1) is 19.3 Å². The van der Waals surface area contributed by atoms with Gasteiger partial charge < -0.3 is 19.4 Å². The number of carbonyl (C=O) groups is 2. The second kappa shape index (κ2) is 8.50. The number of imidazole rings is 2. The molecule has 8 heteroatoms. The highest BCUT2D eigenvalue weighted by Crippen LogP contribution is 2.55. The van der Waals surface area contributed by atoms with Gasteiger partial charge in [0.05, 0.1) is 12.0 Å². The molecule has 2 amide bonds. The minimum Gasteiger partial charge on any atom is -0.335 e. The summed E-state index contributed by atoms with van der Waals surface area (Å²) in [4.78, 5) is 36.5. The van der Waals surface area contributed by atoms with Crippen molar-refractivity contribution < 1.29 is 9.59 Å². The maximum Gasteiger partial charge on any atom is 0.247 e. The fraction of sp³-hybridized carbons (Fsp3) is 0.440. The molecule has 1 aromatic carbocycles. The molecule has 172 valence electrons. The van der Waals surface area contributed by atoms with E-state index < -0.39 is 6.04 Å². The topological polar surface area (TPSA) is 85.0 Å². The summed E-state index contributed by atoms with van der Waals surface area (Å²) in [6, 6.07) is 7.29. The van der Waals surface area contributed by atoms with Crippen molar-refractivity contribution in [3.8, 4) is 5.69 Å². The van der Waals surface area contributed by atoms with Gasteiger partial charge in [0.1, 0.15) is 11.9 Å². The molecule has 2 fully saturated rings. The monoisotopic (exact) mass is 446 g/mol. The third-order valence-electron chi connectivity index (χ3n) is 6.95. The summed E-state index contributed by atoms with van der Waals surface area (Å²) in [5, 5.41) is 3.03. The van der Waals surface area contributed by atoms with Gasteiger partial charge in [0.15, 0.2) is 0 Å². The number of carbonyl (C=O) groups excluding carboxylic acids is 2. The molecule has 1 spiro atoms. The summed E-state index contributed by atoms with van der Waals surface area (Å²) in [5.74, 6) is 0.929. The average Bonchev–Trinajstić information content (AvgIpc) is 3.09. The molecule has 0 radical (unpaired) electrons. The molecule has 0 bridgehead atoms. The summed E-state index contributed by atoms with van der Waals surface area (Å²) >= 11 is 0. The average molecular weight is 447 g/mol. The van der Waals surface area contributed by atoms with Gasteiger partial charge in [-0.2, -0.15) is 0 Å². The highest BCUT2D eigenvalue weighted by Gasteiger charge is 2.54. The predicted molar refractivity (Wildman–Crippen MR) is 125 cm³/mol. The predicted octanol–water partition coefficient (Wildman–Crippen LogP) is 3.49. The van der Waals surface area contributed by atoms with E-state index in [4.69, 9.17) is 0 Å². The number of nitrogens with zero attached hydrogens (tertiary/aromatic N) is 5. The van der Waals surface area contributed by atoms with Crippen molar-refractivity contribution in [3.05, 3.63) is 60.7 Å². The zero-order valence-electron chi connectivity index (χ0n) is 19.2. The van der Waals surface area contributed by atoms with Crippen molar-refractivity contribution in [2.75, 3.05) is 11.9 Å². The Kier molecular flexibility index (Phi) is 5.52. The van der Waals surface area contributed by atoms with E-state index >= 15 is 0 Å². The van der Waals surface area contributed by atoms with Crippen LogP contribution in [0.2, 0.25) is 0 Å². The van der Waals surface area contributed by atoms with E-state index in [0.717, 1.165) is 55.1 Å². The minimum absolute atomic E-state index is 0.0718. The minimum atomic E-state index is -0.397. The molecular weight excluding hydrogens is 416 g/mol. The molecule has 1 N–H and O–H groups in total. The summed E-state index contributed by atoms with van der Waals surface area (Å²) in [6.45, 7) is 5.37. The van der Waals surface area contributed by atoms with Gasteiger partial charge in [0, 0.05) is 49.5 Å². The van der Waals surface area contributed by atoms with Gasteiger partial charge in [0.2, 0.25) is 11.8 Å². The fourth-order valence-electron chi connectivity index (χ4n) is 4.78. The van der Waals surface area contributed by atoms with Gasteiger partial charge in [-0.3, -0.25) is 9.59 Å². The lowest BCUT2D eigenvalue weighted by Gasteiger charge is -2.24. The Labute approximate surface area is 193 Å². The molecule has 1 saturated carbocycles. The highest BCUT2D eigenvalue weighted by molar-refractivity contribution is 5.97. The lowest BCUT2D eigenvalue weighted by molar-refractivity contribution is -0.136. The van der Waals surface area contributed by atoms with E-state index in [-0.39, 0.29) is 17.2 Å². The second-order valence-electron chi connectivity index (χ2n) is 9.47. The Bertz CT molecular complexity index is 1160. The van der Waals surface area contributed by atoms with Crippen molar-refractivity contribution in [3.63, 3.8) is 0 Å². The Balaban J connectivity index is 1.21. The van der Waals surface area contributed by atoms with Crippen LogP contribution in [0.15, 0.2) is 49.2 Å². The SMILES string of the molecule is Cc1cn(-c2ccc(NC(=O)[C@@H]3CC4(CC4)CN3C(=O)CCCn3ccnc3C)cc2)cn1. The van der Waals surface area contributed by atoms with E-state index in [2.05, 4.69) is 19.9 Å². The summed E-state index contributed by atoms with van der Waals surface area (Å²) in [6.07, 6.45) is 11.6. The molecule has 2 aliphatic rings. The number of likely N-dealkylation sites (tertiary alicyclic amines) is 1. The van der Waals surface area contributed by atoms with Gasteiger partial charge in [-0.25, -0.2) is 9.97 Å². The number of hydrogen-bond acceptors (Lipinski definition) is 4. The smallest absolute Gasteiger partial charge is 0.247 e. The van der Waals surface area contributed by atoms with E-state index in [0.29, 0.717) is 13.0 Å². The van der Waals surface area contributed by atoms with Crippen molar-refractivity contribution in [1.82, 2.24) is 24.0 Å². The van der Waals surface area contributed by atoms with Crippen LogP contribution in [0.25, 0.3) is 5.69 Å². The van der Waals surface area contributed by atoms with Crippen LogP contribution < -0.4 is 5.32 Å². The van der Waals surface area contributed by atoms with Gasteiger partial charge in [0.25, 0.3) is 0 Å². The quantitative estimate of drug-likeness (QED) is 0.602. The van der Waals surface area contributed by atoms with Crippen LogP contribution in [0.1, 0.15) is 43.6 Å². The molecule has 3 aromatic rings. The molecular formula is C25H30N6O2. The molecule has 1 aliphatic heterocycles. The van der Waals surface area contributed by atoms with Gasteiger partial charge in [-0.05, 0) is 69.2 Å². The number of hydrogen-bond donors (Lipinski definition) is 1. The fourth-order valence-corrected chi connectivity index (χ4v) is 4.78. The molecule has 1 saturated heterocycles. The van der Waals surface area contributed by atoms with Crippen molar-refractivity contribution >= 4 is 17.5 Å². The van der Waals surface area contributed by atoms with Crippen LogP contribution in [0.3, 0.4) is 0 Å². The third kappa shape index (κ3) is 4.55. The van der Waals surface area contributed by atoms with Crippen LogP contribution >= 0.6 is 0 Å². The lowest BCUT2D eigenvalue weighted by atomic mass is 10.0. The molecule has 5 rings (SSSR count). The molecule has 3 heterocycles. The zero-order valence-corrected chi connectivity index (χ0v) is 19.2.